The molecule has 0 saturated heterocycles. The van der Waals surface area contributed by atoms with Crippen LogP contribution in [0.3, 0.4) is 0 Å². The molecule has 92 valence electrons. The van der Waals surface area contributed by atoms with Gasteiger partial charge in [0.15, 0.2) is 0 Å². The minimum Gasteiger partial charge on any atom is -0.335 e. The van der Waals surface area contributed by atoms with Crippen LogP contribution in [0.5, 0.6) is 0 Å². The standard InChI is InChI=1S/C13H24N2S/c1-13-14-9-11-15(13)10-7-5-3-2-4-6-8-12-16/h9,11,16H,2-8,10,12H2,1H3. The third kappa shape index (κ3) is 5.59. The smallest absolute Gasteiger partial charge is 0.105 e. The number of imidazole rings is 1. The second kappa shape index (κ2) is 8.68. The largest absolute Gasteiger partial charge is 0.335 e. The minimum atomic E-state index is 1.04. The average molecular weight is 240 g/mol. The molecule has 0 spiro atoms. The molecule has 1 heterocycles. The van der Waals surface area contributed by atoms with E-state index in [4.69, 9.17) is 0 Å². The van der Waals surface area contributed by atoms with Crippen LogP contribution in [0, 0.1) is 6.92 Å². The molecular formula is C13H24N2S. The van der Waals surface area contributed by atoms with E-state index in [9.17, 15) is 0 Å². The molecule has 3 heteroatoms. The van der Waals surface area contributed by atoms with Gasteiger partial charge in [0.1, 0.15) is 5.82 Å². The Kier molecular flexibility index (Phi) is 7.39. The molecule has 0 aliphatic heterocycles. The lowest BCUT2D eigenvalue weighted by molar-refractivity contribution is 0.545. The summed E-state index contributed by atoms with van der Waals surface area (Å²) in [6, 6.07) is 0. The van der Waals surface area contributed by atoms with Crippen LogP contribution in [0.4, 0.5) is 0 Å². The van der Waals surface area contributed by atoms with E-state index in [1.54, 1.807) is 0 Å². The minimum absolute atomic E-state index is 1.04. The van der Waals surface area contributed by atoms with Gasteiger partial charge in [-0.1, -0.05) is 32.1 Å². The number of nitrogens with zero attached hydrogens (tertiary/aromatic N) is 2. The summed E-state index contributed by atoms with van der Waals surface area (Å²) in [7, 11) is 0. The van der Waals surface area contributed by atoms with E-state index in [1.807, 2.05) is 6.20 Å². The van der Waals surface area contributed by atoms with Crippen molar-refractivity contribution in [2.45, 2.75) is 58.4 Å². The first-order valence-electron chi connectivity index (χ1n) is 6.43. The molecule has 16 heavy (non-hydrogen) atoms. The van der Waals surface area contributed by atoms with Crippen LogP contribution in [0.2, 0.25) is 0 Å². The molecule has 0 fully saturated rings. The molecule has 2 nitrogen and oxygen atoms in total. The highest BCUT2D eigenvalue weighted by Crippen LogP contribution is 2.09. The van der Waals surface area contributed by atoms with Crippen LogP contribution in [-0.4, -0.2) is 15.3 Å². The highest BCUT2D eigenvalue weighted by Gasteiger charge is 1.96. The maximum absolute atomic E-state index is 4.22. The van der Waals surface area contributed by atoms with Crippen molar-refractivity contribution >= 4 is 12.6 Å². The molecular weight excluding hydrogens is 216 g/mol. The number of aromatic nitrogens is 2. The topological polar surface area (TPSA) is 17.8 Å². The molecule has 0 amide bonds. The summed E-state index contributed by atoms with van der Waals surface area (Å²) in [4.78, 5) is 4.22. The van der Waals surface area contributed by atoms with Crippen LogP contribution in [0.25, 0.3) is 0 Å². The first-order valence-corrected chi connectivity index (χ1v) is 7.06. The summed E-state index contributed by atoms with van der Waals surface area (Å²) in [5.74, 6) is 2.17. The third-order valence-corrected chi connectivity index (χ3v) is 3.30. The first-order chi connectivity index (χ1) is 7.84. The maximum Gasteiger partial charge on any atom is 0.105 e. The number of unbranched alkanes of at least 4 members (excludes halogenated alkanes) is 6. The van der Waals surface area contributed by atoms with Gasteiger partial charge in [-0.15, -0.1) is 0 Å². The van der Waals surface area contributed by atoms with Gasteiger partial charge in [0.05, 0.1) is 0 Å². The molecule has 1 aromatic rings. The molecule has 0 radical (unpaired) electrons. The summed E-state index contributed by atoms with van der Waals surface area (Å²) in [5, 5.41) is 0. The van der Waals surface area contributed by atoms with Gasteiger partial charge in [0, 0.05) is 18.9 Å². The zero-order valence-electron chi connectivity index (χ0n) is 10.4. The molecule has 0 saturated carbocycles. The maximum atomic E-state index is 4.22. The summed E-state index contributed by atoms with van der Waals surface area (Å²) >= 11 is 4.21. The zero-order chi connectivity index (χ0) is 11.6. The Morgan fingerprint density at radius 3 is 2.25 bits per heavy atom. The van der Waals surface area contributed by atoms with Crippen molar-refractivity contribution < 1.29 is 0 Å². The lowest BCUT2D eigenvalue weighted by Gasteiger charge is -2.04. The van der Waals surface area contributed by atoms with Crippen LogP contribution < -0.4 is 0 Å². The second-order valence-electron chi connectivity index (χ2n) is 4.37. The molecule has 1 rings (SSSR count). The Balaban J connectivity index is 1.91. The van der Waals surface area contributed by atoms with E-state index in [0.29, 0.717) is 0 Å². The molecule has 0 aromatic carbocycles. The van der Waals surface area contributed by atoms with Crippen molar-refractivity contribution in [2.75, 3.05) is 5.75 Å². The predicted molar refractivity (Wildman–Crippen MR) is 73.1 cm³/mol. The van der Waals surface area contributed by atoms with Crippen molar-refractivity contribution in [1.29, 1.82) is 0 Å². The van der Waals surface area contributed by atoms with E-state index in [2.05, 4.69) is 35.3 Å². The Hall–Kier alpha value is -0.440. The summed E-state index contributed by atoms with van der Waals surface area (Å²) < 4.78 is 2.24. The molecule has 0 bridgehead atoms. The van der Waals surface area contributed by atoms with Gasteiger partial charge >= 0.3 is 0 Å². The number of thiol groups is 1. The van der Waals surface area contributed by atoms with Gasteiger partial charge in [0.25, 0.3) is 0 Å². The quantitative estimate of drug-likeness (QED) is 0.513. The van der Waals surface area contributed by atoms with E-state index in [1.165, 1.54) is 44.9 Å². The third-order valence-electron chi connectivity index (χ3n) is 2.98. The lowest BCUT2D eigenvalue weighted by atomic mass is 10.1. The lowest BCUT2D eigenvalue weighted by Crippen LogP contribution is -1.98. The highest BCUT2D eigenvalue weighted by molar-refractivity contribution is 7.80. The van der Waals surface area contributed by atoms with Crippen LogP contribution in [0.15, 0.2) is 12.4 Å². The Morgan fingerprint density at radius 1 is 1.06 bits per heavy atom. The van der Waals surface area contributed by atoms with Crippen molar-refractivity contribution in [3.05, 3.63) is 18.2 Å². The molecule has 0 unspecified atom stereocenters. The summed E-state index contributed by atoms with van der Waals surface area (Å²) in [6.45, 7) is 3.19. The molecule has 0 atom stereocenters. The number of aryl methyl sites for hydroxylation is 2. The van der Waals surface area contributed by atoms with Crippen LogP contribution in [-0.2, 0) is 6.54 Å². The molecule has 0 N–H and O–H groups in total. The van der Waals surface area contributed by atoms with Crippen LogP contribution in [0.1, 0.15) is 50.8 Å². The van der Waals surface area contributed by atoms with Gasteiger partial charge in [-0.3, -0.25) is 0 Å². The second-order valence-corrected chi connectivity index (χ2v) is 4.81. The normalized spacial score (nSPS) is 10.9. The van der Waals surface area contributed by atoms with Crippen molar-refractivity contribution in [2.24, 2.45) is 0 Å². The Morgan fingerprint density at radius 2 is 1.69 bits per heavy atom. The molecule has 1 aromatic heterocycles. The average Bonchev–Trinajstić information content (AvgIpc) is 2.68. The monoisotopic (exact) mass is 240 g/mol. The molecule has 0 aliphatic carbocycles. The summed E-state index contributed by atoms with van der Waals surface area (Å²) in [6.07, 6.45) is 13.3. The predicted octanol–water partition coefficient (Wildman–Crippen LogP) is 3.85. The van der Waals surface area contributed by atoms with E-state index < -0.39 is 0 Å². The van der Waals surface area contributed by atoms with Gasteiger partial charge < -0.3 is 4.57 Å². The Labute approximate surface area is 105 Å². The van der Waals surface area contributed by atoms with E-state index >= 15 is 0 Å². The Bertz CT molecular complexity index is 271. The fourth-order valence-electron chi connectivity index (χ4n) is 1.92. The van der Waals surface area contributed by atoms with Gasteiger partial charge in [-0.05, 0) is 25.5 Å². The van der Waals surface area contributed by atoms with Crippen molar-refractivity contribution in [3.63, 3.8) is 0 Å². The molecule has 0 aliphatic rings. The van der Waals surface area contributed by atoms with Gasteiger partial charge in [0.2, 0.25) is 0 Å². The van der Waals surface area contributed by atoms with Crippen molar-refractivity contribution in [1.82, 2.24) is 9.55 Å². The summed E-state index contributed by atoms with van der Waals surface area (Å²) in [5.41, 5.74) is 0. The first kappa shape index (κ1) is 13.6. The number of hydrogen-bond donors (Lipinski definition) is 1. The number of rotatable bonds is 9. The van der Waals surface area contributed by atoms with Gasteiger partial charge in [-0.2, -0.15) is 12.6 Å². The zero-order valence-corrected chi connectivity index (χ0v) is 11.3. The highest BCUT2D eigenvalue weighted by atomic mass is 32.1. The fraction of sp³-hybridized carbons (Fsp3) is 0.769. The fourth-order valence-corrected chi connectivity index (χ4v) is 2.14. The SMILES string of the molecule is Cc1nccn1CCCCCCCCCS. The van der Waals surface area contributed by atoms with Crippen molar-refractivity contribution in [3.8, 4) is 0 Å². The van der Waals surface area contributed by atoms with Gasteiger partial charge in [-0.25, -0.2) is 4.98 Å². The van der Waals surface area contributed by atoms with E-state index in [-0.39, 0.29) is 0 Å². The van der Waals surface area contributed by atoms with E-state index in [0.717, 1.165) is 18.1 Å². The van der Waals surface area contributed by atoms with Crippen LogP contribution >= 0.6 is 12.6 Å². The number of hydrogen-bond acceptors (Lipinski definition) is 2.